The van der Waals surface area contributed by atoms with Gasteiger partial charge in [0.15, 0.2) is 17.3 Å². The highest BCUT2D eigenvalue weighted by atomic mass is 19.1. The van der Waals surface area contributed by atoms with E-state index < -0.39 is 5.82 Å². The first-order valence-corrected chi connectivity index (χ1v) is 11.7. The Morgan fingerprint density at radius 2 is 2.08 bits per heavy atom. The van der Waals surface area contributed by atoms with E-state index in [1.165, 1.54) is 13.3 Å². The molecule has 2 aliphatic heterocycles. The number of ether oxygens (including phenoxy) is 3. The van der Waals surface area contributed by atoms with E-state index in [9.17, 15) is 4.39 Å². The number of rotatable bonds is 8. The minimum Gasteiger partial charge on any atom is -0.486 e. The quantitative estimate of drug-likeness (QED) is 0.277. The van der Waals surface area contributed by atoms with E-state index in [0.29, 0.717) is 73.4 Å². The summed E-state index contributed by atoms with van der Waals surface area (Å²) in [5, 5.41) is 15.9. The summed E-state index contributed by atoms with van der Waals surface area (Å²) in [6.45, 7) is 3.64. The van der Waals surface area contributed by atoms with Crippen LogP contribution in [0, 0.1) is 17.7 Å². The van der Waals surface area contributed by atoms with Crippen LogP contribution in [0.25, 0.3) is 17.1 Å². The van der Waals surface area contributed by atoms with Gasteiger partial charge in [0.1, 0.15) is 18.7 Å². The van der Waals surface area contributed by atoms with Crippen LogP contribution in [0.4, 0.5) is 4.39 Å². The predicted octanol–water partition coefficient (Wildman–Crippen LogP) is 2.71. The van der Waals surface area contributed by atoms with Gasteiger partial charge in [-0.15, -0.1) is 5.16 Å². The summed E-state index contributed by atoms with van der Waals surface area (Å²) >= 11 is 0. The zero-order valence-electron chi connectivity index (χ0n) is 19.8. The van der Waals surface area contributed by atoms with Gasteiger partial charge in [-0.05, 0) is 24.3 Å². The van der Waals surface area contributed by atoms with Crippen molar-refractivity contribution in [2.75, 3.05) is 40.0 Å². The maximum atomic E-state index is 14.6. The minimum absolute atomic E-state index is 0.0256. The molecule has 0 amide bonds. The Morgan fingerprint density at radius 3 is 2.92 bits per heavy atom. The average Bonchev–Trinajstić information content (AvgIpc) is 3.29. The molecule has 0 spiro atoms. The normalized spacial score (nSPS) is 19.6. The van der Waals surface area contributed by atoms with Crippen LogP contribution < -0.4 is 19.5 Å². The highest BCUT2D eigenvalue weighted by Crippen LogP contribution is 2.29. The number of methoxy groups -OCH3 is 1. The molecule has 0 aliphatic carbocycles. The lowest BCUT2D eigenvalue weighted by molar-refractivity contribution is 0.170. The molecule has 5 heterocycles. The largest absolute Gasteiger partial charge is 0.486 e. The SMILES string of the molecule is COc1ccc2ncc(F)c(/C=C\N3CC(C=NO)[C@H](CNCc4cc5c(cn4)OCCO5)C3)c2n1. The fraction of sp³-hybridized carbons (Fsp3) is 0.360. The van der Waals surface area contributed by atoms with E-state index in [0.717, 1.165) is 5.69 Å². The van der Waals surface area contributed by atoms with E-state index in [1.54, 1.807) is 30.6 Å². The number of pyridine rings is 3. The molecule has 2 atom stereocenters. The highest BCUT2D eigenvalue weighted by Gasteiger charge is 2.30. The van der Waals surface area contributed by atoms with Crippen LogP contribution in [0.2, 0.25) is 0 Å². The maximum Gasteiger partial charge on any atom is 0.213 e. The van der Waals surface area contributed by atoms with E-state index >= 15 is 0 Å². The van der Waals surface area contributed by atoms with E-state index in [1.807, 2.05) is 12.3 Å². The molecule has 5 rings (SSSR count). The smallest absolute Gasteiger partial charge is 0.213 e. The zero-order chi connectivity index (χ0) is 24.9. The summed E-state index contributed by atoms with van der Waals surface area (Å²) in [7, 11) is 1.52. The van der Waals surface area contributed by atoms with Gasteiger partial charge < -0.3 is 29.6 Å². The summed E-state index contributed by atoms with van der Waals surface area (Å²) < 4.78 is 31.0. The lowest BCUT2D eigenvalue weighted by Gasteiger charge is -2.19. The van der Waals surface area contributed by atoms with Gasteiger partial charge in [-0.3, -0.25) is 9.97 Å². The summed E-state index contributed by atoms with van der Waals surface area (Å²) in [5.41, 5.74) is 2.21. The molecule has 188 valence electrons. The molecular weight excluding hydrogens is 467 g/mol. The molecule has 10 nitrogen and oxygen atoms in total. The number of likely N-dealkylation sites (tertiary alicyclic amines) is 1. The van der Waals surface area contributed by atoms with Gasteiger partial charge in [-0.2, -0.15) is 0 Å². The first kappa shape index (κ1) is 23.7. The lowest BCUT2D eigenvalue weighted by Crippen LogP contribution is -2.28. The van der Waals surface area contributed by atoms with Gasteiger partial charge in [0, 0.05) is 56.0 Å². The number of hydrogen-bond acceptors (Lipinski definition) is 10. The third kappa shape index (κ3) is 5.15. The molecule has 2 aliphatic rings. The van der Waals surface area contributed by atoms with Crippen molar-refractivity contribution in [1.29, 1.82) is 0 Å². The second-order valence-corrected chi connectivity index (χ2v) is 8.65. The Hall–Kier alpha value is -3.99. The van der Waals surface area contributed by atoms with Gasteiger partial charge in [-0.25, -0.2) is 9.37 Å². The average molecular weight is 495 g/mol. The van der Waals surface area contributed by atoms with Crippen molar-refractivity contribution in [2.45, 2.75) is 6.54 Å². The zero-order valence-corrected chi connectivity index (χ0v) is 19.8. The van der Waals surface area contributed by atoms with Crippen LogP contribution in [0.15, 0.2) is 41.9 Å². The fourth-order valence-electron chi connectivity index (χ4n) is 4.49. The van der Waals surface area contributed by atoms with Gasteiger partial charge in [-0.1, -0.05) is 0 Å². The number of nitrogens with zero attached hydrogens (tertiary/aromatic N) is 5. The van der Waals surface area contributed by atoms with Crippen LogP contribution in [-0.2, 0) is 6.54 Å². The number of aromatic nitrogens is 3. The second kappa shape index (κ2) is 10.7. The number of halogens is 1. The van der Waals surface area contributed by atoms with Crippen molar-refractivity contribution < 1.29 is 23.8 Å². The first-order chi connectivity index (χ1) is 17.6. The Bertz CT molecular complexity index is 1290. The minimum atomic E-state index is -0.461. The number of nitrogens with one attached hydrogen (secondary N) is 1. The lowest BCUT2D eigenvalue weighted by atomic mass is 9.97. The topological polar surface area (TPSA) is 114 Å². The van der Waals surface area contributed by atoms with Crippen molar-refractivity contribution in [3.05, 3.63) is 53.9 Å². The van der Waals surface area contributed by atoms with Crippen LogP contribution in [0.5, 0.6) is 17.4 Å². The third-order valence-corrected chi connectivity index (χ3v) is 6.32. The molecule has 0 aromatic carbocycles. The molecule has 11 heteroatoms. The standard InChI is InChI=1S/C25H27FN6O4/c1-34-24-3-2-21-25(31-24)19(20(26)12-29-21)4-5-32-14-16(17(15-32)10-30-33)9-27-11-18-8-22-23(13-28-18)36-7-6-35-22/h2-5,8,10,12-13,16-17,27,33H,6-7,9,11,14-15H2,1H3/b5-4-,30-10?/t16-,17?/m1/s1. The van der Waals surface area contributed by atoms with Gasteiger partial charge in [0.2, 0.25) is 5.88 Å². The van der Waals surface area contributed by atoms with Crippen LogP contribution >= 0.6 is 0 Å². The molecule has 0 saturated carbocycles. The van der Waals surface area contributed by atoms with Crippen molar-refractivity contribution >= 4 is 23.3 Å². The second-order valence-electron chi connectivity index (χ2n) is 8.65. The molecule has 2 N–H and O–H groups in total. The summed E-state index contributed by atoms with van der Waals surface area (Å²) in [6, 6.07) is 5.33. The van der Waals surface area contributed by atoms with Crippen molar-refractivity contribution in [3.8, 4) is 17.4 Å². The number of oxime groups is 1. The molecule has 3 aromatic rings. The molecule has 1 saturated heterocycles. The number of hydrogen-bond donors (Lipinski definition) is 2. The van der Waals surface area contributed by atoms with Crippen molar-refractivity contribution in [3.63, 3.8) is 0 Å². The first-order valence-electron chi connectivity index (χ1n) is 11.7. The van der Waals surface area contributed by atoms with Crippen LogP contribution in [0.3, 0.4) is 0 Å². The summed E-state index contributed by atoms with van der Waals surface area (Å²) in [4.78, 5) is 15.0. The number of fused-ring (bicyclic) bond motifs is 2. The van der Waals surface area contributed by atoms with E-state index in [2.05, 4.69) is 30.3 Å². The Balaban J connectivity index is 1.25. The third-order valence-electron chi connectivity index (χ3n) is 6.32. The molecule has 0 radical (unpaired) electrons. The fourth-order valence-corrected chi connectivity index (χ4v) is 4.49. The Kier molecular flexibility index (Phi) is 7.08. The molecule has 0 bridgehead atoms. The predicted molar refractivity (Wildman–Crippen MR) is 131 cm³/mol. The molecule has 1 fully saturated rings. The van der Waals surface area contributed by atoms with Gasteiger partial charge in [0.05, 0.1) is 30.7 Å². The molecule has 36 heavy (non-hydrogen) atoms. The monoisotopic (exact) mass is 494 g/mol. The molecule has 3 aromatic heterocycles. The van der Waals surface area contributed by atoms with E-state index in [4.69, 9.17) is 19.4 Å². The van der Waals surface area contributed by atoms with Crippen LogP contribution in [0.1, 0.15) is 11.3 Å². The van der Waals surface area contributed by atoms with Crippen molar-refractivity contribution in [2.24, 2.45) is 17.0 Å². The summed E-state index contributed by atoms with van der Waals surface area (Å²) in [6.07, 6.45) is 7.98. The Labute approximate surface area is 207 Å². The van der Waals surface area contributed by atoms with Crippen molar-refractivity contribution in [1.82, 2.24) is 25.2 Å². The highest BCUT2D eigenvalue weighted by molar-refractivity contribution is 5.84. The van der Waals surface area contributed by atoms with E-state index in [-0.39, 0.29) is 11.8 Å². The van der Waals surface area contributed by atoms with Gasteiger partial charge in [0.25, 0.3) is 0 Å². The summed E-state index contributed by atoms with van der Waals surface area (Å²) in [5.74, 6) is 1.51. The molecular formula is C25H27FN6O4. The Morgan fingerprint density at radius 1 is 1.22 bits per heavy atom. The molecule has 1 unspecified atom stereocenters. The van der Waals surface area contributed by atoms with Gasteiger partial charge >= 0.3 is 0 Å². The van der Waals surface area contributed by atoms with Crippen LogP contribution in [-0.4, -0.2) is 71.2 Å². The maximum absolute atomic E-state index is 14.6.